The van der Waals surface area contributed by atoms with Gasteiger partial charge >= 0.3 is 0 Å². The number of hydrogen-bond acceptors (Lipinski definition) is 8. The highest BCUT2D eigenvalue weighted by molar-refractivity contribution is 8.18. The van der Waals surface area contributed by atoms with Crippen molar-refractivity contribution in [1.29, 1.82) is 0 Å². The fourth-order valence-corrected chi connectivity index (χ4v) is 4.16. The molecule has 0 aliphatic carbocycles. The number of amides is 2. The maximum Gasteiger partial charge on any atom is 0.293 e. The van der Waals surface area contributed by atoms with Gasteiger partial charge in [-0.25, -0.2) is 0 Å². The Bertz CT molecular complexity index is 1360. The van der Waals surface area contributed by atoms with Gasteiger partial charge in [0.2, 0.25) is 0 Å². The number of hydrogen-bond donors (Lipinski definition) is 0. The van der Waals surface area contributed by atoms with E-state index in [0.717, 1.165) is 16.7 Å². The predicted molar refractivity (Wildman–Crippen MR) is 128 cm³/mol. The summed E-state index contributed by atoms with van der Waals surface area (Å²) in [5.74, 6) is 0.0601. The first-order valence-electron chi connectivity index (χ1n) is 10.2. The number of nitrogens with zero attached hydrogens (tertiary/aromatic N) is 3. The van der Waals surface area contributed by atoms with Crippen molar-refractivity contribution >= 4 is 40.4 Å². The van der Waals surface area contributed by atoms with E-state index >= 15 is 0 Å². The molecule has 4 rings (SSSR count). The van der Waals surface area contributed by atoms with Crippen LogP contribution in [0.2, 0.25) is 0 Å². The van der Waals surface area contributed by atoms with Gasteiger partial charge in [-0.15, -0.1) is 0 Å². The molecule has 0 N–H and O–H groups in total. The summed E-state index contributed by atoms with van der Waals surface area (Å²) in [5, 5.41) is 21.4. The Balaban J connectivity index is 1.40. The Kier molecular flexibility index (Phi) is 6.88. The molecule has 3 aromatic carbocycles. The maximum atomic E-state index is 12.8. The first-order valence-corrected chi connectivity index (χ1v) is 11.1. The van der Waals surface area contributed by atoms with Crippen molar-refractivity contribution in [3.05, 3.63) is 115 Å². The van der Waals surface area contributed by atoms with E-state index in [1.807, 2.05) is 0 Å². The van der Waals surface area contributed by atoms with E-state index in [4.69, 9.17) is 4.74 Å². The average Bonchev–Trinajstić information content (AvgIpc) is 3.11. The van der Waals surface area contributed by atoms with Gasteiger partial charge in [0.25, 0.3) is 22.5 Å². The zero-order valence-corrected chi connectivity index (χ0v) is 18.8. The Hall–Kier alpha value is -4.51. The third-order valence-electron chi connectivity index (χ3n) is 5.04. The van der Waals surface area contributed by atoms with Crippen LogP contribution in [0.15, 0.2) is 77.7 Å². The average molecular weight is 491 g/mol. The van der Waals surface area contributed by atoms with Gasteiger partial charge in [-0.3, -0.25) is 34.7 Å². The lowest BCUT2D eigenvalue weighted by atomic mass is 10.1. The number of benzene rings is 3. The van der Waals surface area contributed by atoms with E-state index in [2.05, 4.69) is 0 Å². The van der Waals surface area contributed by atoms with Crippen molar-refractivity contribution in [2.75, 3.05) is 0 Å². The van der Waals surface area contributed by atoms with E-state index in [1.54, 1.807) is 48.5 Å². The van der Waals surface area contributed by atoms with Crippen molar-refractivity contribution in [1.82, 2.24) is 4.90 Å². The summed E-state index contributed by atoms with van der Waals surface area (Å²) < 4.78 is 5.67. The molecule has 0 unspecified atom stereocenters. The van der Waals surface area contributed by atoms with Crippen LogP contribution in [0, 0.1) is 20.2 Å². The third kappa shape index (κ3) is 5.71. The van der Waals surface area contributed by atoms with E-state index in [0.29, 0.717) is 22.4 Å². The van der Waals surface area contributed by atoms with Crippen LogP contribution >= 0.6 is 11.8 Å². The molecule has 1 heterocycles. The molecule has 1 saturated heterocycles. The Morgan fingerprint density at radius 3 is 2.09 bits per heavy atom. The molecule has 11 heteroatoms. The van der Waals surface area contributed by atoms with Gasteiger partial charge in [-0.05, 0) is 46.7 Å². The third-order valence-corrected chi connectivity index (χ3v) is 5.95. The summed E-state index contributed by atoms with van der Waals surface area (Å²) in [4.78, 5) is 47.3. The van der Waals surface area contributed by atoms with E-state index in [1.165, 1.54) is 30.3 Å². The first kappa shape index (κ1) is 23.6. The van der Waals surface area contributed by atoms with Gasteiger partial charge in [0.05, 0.1) is 21.3 Å². The molecule has 0 spiro atoms. The minimum absolute atomic E-state index is 0.0131. The fraction of sp³-hybridized carbons (Fsp3) is 0.0833. The SMILES string of the molecule is O=C1S/C(=C/c2ccc(OCc3cccc([N+](=O)[O-])c3)cc2)C(=O)N1Cc1cccc([N+](=O)[O-])c1. The highest BCUT2D eigenvalue weighted by Gasteiger charge is 2.35. The van der Waals surface area contributed by atoms with E-state index in [9.17, 15) is 29.8 Å². The molecule has 3 aromatic rings. The summed E-state index contributed by atoms with van der Waals surface area (Å²) in [7, 11) is 0. The van der Waals surface area contributed by atoms with Crippen LogP contribution in [0.1, 0.15) is 16.7 Å². The van der Waals surface area contributed by atoms with Gasteiger partial charge in [-0.1, -0.05) is 36.4 Å². The molecule has 1 fully saturated rings. The number of carbonyl (C=O) groups is 2. The van der Waals surface area contributed by atoms with Crippen molar-refractivity contribution in [2.45, 2.75) is 13.2 Å². The lowest BCUT2D eigenvalue weighted by Gasteiger charge is -2.12. The van der Waals surface area contributed by atoms with Crippen LogP contribution in [0.4, 0.5) is 16.2 Å². The van der Waals surface area contributed by atoms with Gasteiger partial charge < -0.3 is 4.74 Å². The molecule has 0 saturated carbocycles. The monoisotopic (exact) mass is 491 g/mol. The predicted octanol–water partition coefficient (Wildman–Crippen LogP) is 5.32. The Labute approximate surface area is 203 Å². The highest BCUT2D eigenvalue weighted by Crippen LogP contribution is 2.34. The van der Waals surface area contributed by atoms with Crippen LogP contribution in [0.25, 0.3) is 6.08 Å². The zero-order valence-electron chi connectivity index (χ0n) is 18.0. The summed E-state index contributed by atoms with van der Waals surface area (Å²) in [5.41, 5.74) is 1.68. The lowest BCUT2D eigenvalue weighted by molar-refractivity contribution is -0.385. The lowest BCUT2D eigenvalue weighted by Crippen LogP contribution is -2.27. The topological polar surface area (TPSA) is 133 Å². The molecular weight excluding hydrogens is 474 g/mol. The number of nitro groups is 2. The molecule has 0 bridgehead atoms. The second-order valence-electron chi connectivity index (χ2n) is 7.48. The molecule has 10 nitrogen and oxygen atoms in total. The molecule has 2 amide bonds. The smallest absolute Gasteiger partial charge is 0.293 e. The second kappa shape index (κ2) is 10.2. The largest absolute Gasteiger partial charge is 0.489 e. The molecule has 0 aromatic heterocycles. The molecule has 0 atom stereocenters. The molecule has 1 aliphatic rings. The van der Waals surface area contributed by atoms with Gasteiger partial charge in [0, 0.05) is 24.3 Å². The van der Waals surface area contributed by atoms with E-state index < -0.39 is 21.0 Å². The fourth-order valence-electron chi connectivity index (χ4n) is 3.33. The number of nitro benzene ring substituents is 2. The van der Waals surface area contributed by atoms with Crippen molar-refractivity contribution in [2.24, 2.45) is 0 Å². The summed E-state index contributed by atoms with van der Waals surface area (Å²) in [6.07, 6.45) is 1.59. The molecular formula is C24H17N3O7S. The van der Waals surface area contributed by atoms with Gasteiger partial charge in [0.15, 0.2) is 0 Å². The summed E-state index contributed by atoms with van der Waals surface area (Å²) >= 11 is 0.800. The van der Waals surface area contributed by atoms with Crippen LogP contribution in [-0.2, 0) is 17.9 Å². The number of imide groups is 1. The van der Waals surface area contributed by atoms with Crippen LogP contribution in [0.5, 0.6) is 5.75 Å². The normalized spacial score (nSPS) is 14.4. The highest BCUT2D eigenvalue weighted by atomic mass is 32.2. The number of rotatable bonds is 8. The number of carbonyl (C=O) groups excluding carboxylic acids is 2. The van der Waals surface area contributed by atoms with E-state index in [-0.39, 0.29) is 29.4 Å². The van der Waals surface area contributed by atoms with Crippen molar-refractivity contribution < 1.29 is 24.2 Å². The minimum Gasteiger partial charge on any atom is -0.489 e. The van der Waals surface area contributed by atoms with Gasteiger partial charge in [0.1, 0.15) is 12.4 Å². The van der Waals surface area contributed by atoms with Crippen LogP contribution < -0.4 is 4.74 Å². The van der Waals surface area contributed by atoms with Crippen LogP contribution in [0.3, 0.4) is 0 Å². The number of thioether (sulfide) groups is 1. The number of ether oxygens (including phenoxy) is 1. The molecule has 1 aliphatic heterocycles. The zero-order chi connectivity index (χ0) is 24.9. The minimum atomic E-state index is -0.533. The van der Waals surface area contributed by atoms with Crippen molar-refractivity contribution in [3.63, 3.8) is 0 Å². The Morgan fingerprint density at radius 1 is 0.857 bits per heavy atom. The molecule has 0 radical (unpaired) electrons. The standard InChI is InChI=1S/C24H17N3O7S/c28-23-22(35-24(29)25(23)14-17-3-1-5-19(11-17)26(30)31)13-16-7-9-21(10-8-16)34-15-18-4-2-6-20(12-18)27(32)33/h1-13H,14-15H2/b22-13+. The summed E-state index contributed by atoms with van der Waals surface area (Å²) in [6.45, 7) is 0.0890. The van der Waals surface area contributed by atoms with Gasteiger partial charge in [-0.2, -0.15) is 0 Å². The van der Waals surface area contributed by atoms with Crippen LogP contribution in [-0.4, -0.2) is 25.9 Å². The second-order valence-corrected chi connectivity index (χ2v) is 8.47. The number of non-ortho nitro benzene ring substituents is 2. The quantitative estimate of drug-likeness (QED) is 0.235. The van der Waals surface area contributed by atoms with Crippen molar-refractivity contribution in [3.8, 4) is 5.75 Å². The molecule has 176 valence electrons. The maximum absolute atomic E-state index is 12.8. The Morgan fingerprint density at radius 2 is 1.46 bits per heavy atom. The first-order chi connectivity index (χ1) is 16.8. The summed E-state index contributed by atoms with van der Waals surface area (Å²) in [6, 6.07) is 18.8. The molecule has 35 heavy (non-hydrogen) atoms.